The second-order valence-corrected chi connectivity index (χ2v) is 3.74. The molecule has 0 aromatic carbocycles. The van der Waals surface area contributed by atoms with Gasteiger partial charge in [0.25, 0.3) is 0 Å². The summed E-state index contributed by atoms with van der Waals surface area (Å²) in [6.07, 6.45) is 10.2. The number of aliphatic hydroxyl groups is 1. The van der Waals surface area contributed by atoms with Crippen LogP contribution in [0.2, 0.25) is 0 Å². The van der Waals surface area contributed by atoms with Crippen LogP contribution in [-0.4, -0.2) is 23.1 Å². The molecule has 0 heterocycles. The molecule has 0 aromatic heterocycles. The number of allylic oxidation sites excluding steroid dienone is 3. The van der Waals surface area contributed by atoms with E-state index in [4.69, 9.17) is 0 Å². The highest BCUT2D eigenvalue weighted by molar-refractivity contribution is 5.05. The highest BCUT2D eigenvalue weighted by atomic mass is 16.3. The van der Waals surface area contributed by atoms with Crippen LogP contribution in [0.1, 0.15) is 46.5 Å². The van der Waals surface area contributed by atoms with Gasteiger partial charge < -0.3 is 10.0 Å². The van der Waals surface area contributed by atoms with Gasteiger partial charge in [-0.05, 0) is 25.8 Å². The Balaban J connectivity index is 4.18. The molecule has 88 valence electrons. The van der Waals surface area contributed by atoms with E-state index in [1.165, 1.54) is 12.8 Å². The first-order valence-electron chi connectivity index (χ1n) is 6.03. The molecule has 1 N–H and O–H groups in total. The van der Waals surface area contributed by atoms with Gasteiger partial charge in [0, 0.05) is 13.1 Å². The van der Waals surface area contributed by atoms with E-state index in [9.17, 15) is 5.11 Å². The molecule has 0 aliphatic carbocycles. The van der Waals surface area contributed by atoms with E-state index in [2.05, 4.69) is 18.7 Å². The second-order valence-electron chi connectivity index (χ2n) is 3.74. The van der Waals surface area contributed by atoms with E-state index >= 15 is 0 Å². The maximum Gasteiger partial charge on any atom is 0.186 e. The van der Waals surface area contributed by atoms with Gasteiger partial charge in [0.15, 0.2) is 5.88 Å². The lowest BCUT2D eigenvalue weighted by Crippen LogP contribution is -2.25. The van der Waals surface area contributed by atoms with Crippen molar-refractivity contribution in [1.29, 1.82) is 0 Å². The summed E-state index contributed by atoms with van der Waals surface area (Å²) in [4.78, 5) is 2.06. The molecule has 0 saturated heterocycles. The Labute approximate surface area is 94.3 Å². The molecule has 0 radical (unpaired) electrons. The number of unbranched alkanes of at least 4 members (excludes halogenated alkanes) is 2. The maximum absolute atomic E-state index is 9.83. The van der Waals surface area contributed by atoms with Crippen molar-refractivity contribution in [2.45, 2.75) is 46.5 Å². The quantitative estimate of drug-likeness (QED) is 0.487. The summed E-state index contributed by atoms with van der Waals surface area (Å²) in [7, 11) is 0. The SMILES string of the molecule is C/C=C/C=C(\O)N(CCCC)CCCC. The maximum atomic E-state index is 9.83. The first kappa shape index (κ1) is 14.1. The van der Waals surface area contributed by atoms with E-state index in [1.807, 2.05) is 19.1 Å². The molecule has 0 fully saturated rings. The average Bonchev–Trinajstić information content (AvgIpc) is 2.26. The Hall–Kier alpha value is -0.920. The van der Waals surface area contributed by atoms with Gasteiger partial charge in [-0.1, -0.05) is 38.8 Å². The molecule has 2 nitrogen and oxygen atoms in total. The largest absolute Gasteiger partial charge is 0.495 e. The molecule has 0 saturated carbocycles. The van der Waals surface area contributed by atoms with Crippen LogP contribution in [0.15, 0.2) is 24.1 Å². The topological polar surface area (TPSA) is 23.5 Å². The van der Waals surface area contributed by atoms with Gasteiger partial charge in [-0.25, -0.2) is 0 Å². The van der Waals surface area contributed by atoms with Crippen LogP contribution >= 0.6 is 0 Å². The van der Waals surface area contributed by atoms with Gasteiger partial charge in [-0.2, -0.15) is 0 Å². The minimum absolute atomic E-state index is 0.398. The summed E-state index contributed by atoms with van der Waals surface area (Å²) < 4.78 is 0. The van der Waals surface area contributed by atoms with E-state index in [-0.39, 0.29) is 0 Å². The average molecular weight is 211 g/mol. The summed E-state index contributed by atoms with van der Waals surface area (Å²) in [5, 5.41) is 9.83. The molecule has 0 aliphatic rings. The van der Waals surface area contributed by atoms with Gasteiger partial charge in [-0.3, -0.25) is 0 Å². The Morgan fingerprint density at radius 1 is 1.13 bits per heavy atom. The third-order valence-electron chi connectivity index (χ3n) is 2.32. The summed E-state index contributed by atoms with van der Waals surface area (Å²) in [6.45, 7) is 8.20. The fraction of sp³-hybridized carbons (Fsp3) is 0.692. The molecular weight excluding hydrogens is 186 g/mol. The first-order chi connectivity index (χ1) is 7.26. The van der Waals surface area contributed by atoms with Crippen molar-refractivity contribution in [3.63, 3.8) is 0 Å². The van der Waals surface area contributed by atoms with Crippen molar-refractivity contribution in [2.24, 2.45) is 0 Å². The number of nitrogens with zero attached hydrogens (tertiary/aromatic N) is 1. The first-order valence-corrected chi connectivity index (χ1v) is 6.03. The molecule has 0 rings (SSSR count). The van der Waals surface area contributed by atoms with E-state index in [0.29, 0.717) is 5.88 Å². The number of hydrogen-bond acceptors (Lipinski definition) is 2. The lowest BCUT2D eigenvalue weighted by Gasteiger charge is -2.22. The van der Waals surface area contributed by atoms with Gasteiger partial charge in [-0.15, -0.1) is 0 Å². The molecule has 0 spiro atoms. The molecule has 2 heteroatoms. The predicted octanol–water partition coefficient (Wildman–Crippen LogP) is 3.86. The minimum Gasteiger partial charge on any atom is -0.495 e. The lowest BCUT2D eigenvalue weighted by atomic mass is 10.2. The molecule has 15 heavy (non-hydrogen) atoms. The van der Waals surface area contributed by atoms with E-state index in [0.717, 1.165) is 25.9 Å². The molecule has 0 amide bonds. The minimum atomic E-state index is 0.398. The van der Waals surface area contributed by atoms with Crippen LogP contribution in [0.3, 0.4) is 0 Å². The van der Waals surface area contributed by atoms with Gasteiger partial charge in [0.05, 0.1) is 0 Å². The standard InChI is InChI=1S/C13H25NO/c1-4-7-10-13(15)14(11-8-5-2)12-9-6-3/h4,7,10,15H,5-6,8-9,11-12H2,1-3H3/b7-4+,13-10-. The molecular formula is C13H25NO. The Morgan fingerprint density at radius 2 is 1.67 bits per heavy atom. The molecule has 0 atom stereocenters. The zero-order valence-electron chi connectivity index (χ0n) is 10.4. The second kappa shape index (κ2) is 9.63. The monoisotopic (exact) mass is 211 g/mol. The number of aliphatic hydroxyl groups excluding tert-OH is 1. The van der Waals surface area contributed by atoms with Gasteiger partial charge in [0.2, 0.25) is 0 Å². The van der Waals surface area contributed by atoms with Crippen LogP contribution < -0.4 is 0 Å². The normalized spacial score (nSPS) is 12.3. The van der Waals surface area contributed by atoms with Crippen LogP contribution in [0.4, 0.5) is 0 Å². The third-order valence-corrected chi connectivity index (χ3v) is 2.32. The summed E-state index contributed by atoms with van der Waals surface area (Å²) >= 11 is 0. The van der Waals surface area contributed by atoms with Crippen LogP contribution in [0, 0.1) is 0 Å². The summed E-state index contributed by atoms with van der Waals surface area (Å²) in [6, 6.07) is 0. The van der Waals surface area contributed by atoms with E-state index in [1.54, 1.807) is 6.08 Å². The van der Waals surface area contributed by atoms with Crippen LogP contribution in [0.5, 0.6) is 0 Å². The Morgan fingerprint density at radius 3 is 2.07 bits per heavy atom. The van der Waals surface area contributed by atoms with Gasteiger partial charge in [0.1, 0.15) is 0 Å². The van der Waals surface area contributed by atoms with Crippen LogP contribution in [-0.2, 0) is 0 Å². The zero-order chi connectivity index (χ0) is 11.5. The Kier molecular flexibility index (Phi) is 9.04. The van der Waals surface area contributed by atoms with Crippen molar-refractivity contribution in [3.05, 3.63) is 24.1 Å². The number of hydrogen-bond donors (Lipinski definition) is 1. The van der Waals surface area contributed by atoms with Crippen molar-refractivity contribution in [3.8, 4) is 0 Å². The van der Waals surface area contributed by atoms with Gasteiger partial charge >= 0.3 is 0 Å². The molecule has 0 unspecified atom stereocenters. The van der Waals surface area contributed by atoms with Crippen molar-refractivity contribution >= 4 is 0 Å². The fourth-order valence-corrected chi connectivity index (χ4v) is 1.33. The molecule has 0 aromatic rings. The smallest absolute Gasteiger partial charge is 0.186 e. The third kappa shape index (κ3) is 7.06. The summed E-state index contributed by atoms with van der Waals surface area (Å²) in [5.74, 6) is 0.398. The Bertz CT molecular complexity index is 189. The van der Waals surface area contributed by atoms with Crippen LogP contribution in [0.25, 0.3) is 0 Å². The highest BCUT2D eigenvalue weighted by Gasteiger charge is 2.05. The lowest BCUT2D eigenvalue weighted by molar-refractivity contribution is 0.196. The highest BCUT2D eigenvalue weighted by Crippen LogP contribution is 2.06. The number of rotatable bonds is 8. The predicted molar refractivity (Wildman–Crippen MR) is 66.9 cm³/mol. The summed E-state index contributed by atoms with van der Waals surface area (Å²) in [5.41, 5.74) is 0. The van der Waals surface area contributed by atoms with E-state index < -0.39 is 0 Å². The van der Waals surface area contributed by atoms with Crippen molar-refractivity contribution in [2.75, 3.05) is 13.1 Å². The van der Waals surface area contributed by atoms with Crippen molar-refractivity contribution in [1.82, 2.24) is 4.90 Å². The van der Waals surface area contributed by atoms with Crippen molar-refractivity contribution < 1.29 is 5.11 Å². The molecule has 0 aliphatic heterocycles. The zero-order valence-corrected chi connectivity index (χ0v) is 10.4. The molecule has 0 bridgehead atoms. The fourth-order valence-electron chi connectivity index (χ4n) is 1.33.